The first-order chi connectivity index (χ1) is 6.19. The van der Waals surface area contributed by atoms with E-state index in [-0.39, 0.29) is 18.4 Å². The molecule has 1 aromatic carbocycles. The molecule has 0 radical (unpaired) electrons. The zero-order valence-corrected chi connectivity index (χ0v) is 7.33. The first kappa shape index (κ1) is 8.72. The summed E-state index contributed by atoms with van der Waals surface area (Å²) in [5.74, 6) is -0.298. The molecule has 1 fully saturated rings. The van der Waals surface area contributed by atoms with Gasteiger partial charge in [0.1, 0.15) is 19.3 Å². The van der Waals surface area contributed by atoms with E-state index in [0.29, 0.717) is 5.56 Å². The summed E-state index contributed by atoms with van der Waals surface area (Å²) < 4.78 is 18.1. The number of halogens is 1. The van der Waals surface area contributed by atoms with Gasteiger partial charge in [0, 0.05) is 0 Å². The van der Waals surface area contributed by atoms with Crippen LogP contribution in [0.1, 0.15) is 5.56 Å². The Labute approximate surface area is 76.7 Å². The molecule has 0 saturated carbocycles. The third-order valence-electron chi connectivity index (χ3n) is 2.53. The lowest BCUT2D eigenvalue weighted by molar-refractivity contribution is 0.172. The summed E-state index contributed by atoms with van der Waals surface area (Å²) in [6, 6.07) is 6.14. The molecular weight excluding hydrogens is 170 g/mol. The normalized spacial score (nSPS) is 31.7. The summed E-state index contributed by atoms with van der Waals surface area (Å²) in [6.45, 7) is -0.0996. The van der Waals surface area contributed by atoms with E-state index in [1.807, 2.05) is 7.85 Å². The molecule has 1 N–H and O–H groups in total. The van der Waals surface area contributed by atoms with Gasteiger partial charge in [-0.3, -0.25) is 0 Å². The number of ether oxygens (including phenoxy) is 1. The maximum atomic E-state index is 12.9. The van der Waals surface area contributed by atoms with Crippen molar-refractivity contribution >= 4 is 7.85 Å². The molecule has 2 unspecified atom stereocenters. The zero-order valence-electron chi connectivity index (χ0n) is 7.33. The van der Waals surface area contributed by atoms with E-state index in [4.69, 9.17) is 9.84 Å². The van der Waals surface area contributed by atoms with E-state index in [0.717, 1.165) is 0 Å². The lowest BCUT2D eigenvalue weighted by Crippen LogP contribution is -2.18. The van der Waals surface area contributed by atoms with E-state index < -0.39 is 5.60 Å². The minimum absolute atomic E-state index is 0.0284. The molecule has 1 aromatic rings. The summed E-state index contributed by atoms with van der Waals surface area (Å²) >= 11 is 0. The highest BCUT2D eigenvalue weighted by atomic mass is 19.1. The molecule has 68 valence electrons. The van der Waals surface area contributed by atoms with Crippen molar-refractivity contribution in [3.05, 3.63) is 35.6 Å². The Morgan fingerprint density at radius 2 is 2.31 bits per heavy atom. The van der Waals surface area contributed by atoms with Gasteiger partial charge < -0.3 is 9.84 Å². The van der Waals surface area contributed by atoms with Crippen molar-refractivity contribution in [3.63, 3.8) is 0 Å². The van der Waals surface area contributed by atoms with Crippen molar-refractivity contribution in [1.29, 1.82) is 0 Å². The Hall–Kier alpha value is -0.865. The lowest BCUT2D eigenvalue weighted by Gasteiger charge is -2.09. The molecule has 2 atom stereocenters. The third-order valence-corrected chi connectivity index (χ3v) is 2.53. The summed E-state index contributed by atoms with van der Waals surface area (Å²) in [7, 11) is 1.86. The van der Waals surface area contributed by atoms with Gasteiger partial charge in [0.2, 0.25) is 0 Å². The van der Waals surface area contributed by atoms with Crippen molar-refractivity contribution in [3.8, 4) is 0 Å². The molecule has 0 amide bonds. The van der Waals surface area contributed by atoms with Gasteiger partial charge >= 0.3 is 0 Å². The standard InChI is InChI=1S/C9H10BFO2/c10-8-9(5-12,13-8)6-2-1-3-7(11)4-6/h1-4,8,12H,5,10H2. The van der Waals surface area contributed by atoms with E-state index in [1.54, 1.807) is 12.1 Å². The molecule has 2 rings (SSSR count). The molecular formula is C9H10BFO2. The summed E-state index contributed by atoms with van der Waals surface area (Å²) in [5.41, 5.74) is 0.0600. The van der Waals surface area contributed by atoms with Gasteiger partial charge in [-0.05, 0) is 17.7 Å². The number of hydrogen-bond acceptors (Lipinski definition) is 2. The molecule has 0 aliphatic carbocycles. The van der Waals surface area contributed by atoms with E-state index in [2.05, 4.69) is 0 Å². The number of epoxide rings is 1. The van der Waals surface area contributed by atoms with Crippen LogP contribution in [0.25, 0.3) is 0 Å². The second-order valence-corrected chi connectivity index (χ2v) is 3.32. The molecule has 0 spiro atoms. The third kappa shape index (κ3) is 1.26. The smallest absolute Gasteiger partial charge is 0.143 e. The van der Waals surface area contributed by atoms with E-state index in [9.17, 15) is 4.39 Å². The number of aliphatic hydroxyl groups is 1. The van der Waals surface area contributed by atoms with Crippen LogP contribution in [0.4, 0.5) is 4.39 Å². The second-order valence-electron chi connectivity index (χ2n) is 3.32. The molecule has 1 aliphatic rings. The van der Waals surface area contributed by atoms with Gasteiger partial charge in [-0.25, -0.2) is 4.39 Å². The topological polar surface area (TPSA) is 32.8 Å². The Kier molecular flexibility index (Phi) is 1.89. The summed E-state index contributed by atoms with van der Waals surface area (Å²) in [5, 5.41) is 9.12. The maximum absolute atomic E-state index is 12.9. The molecule has 0 aromatic heterocycles. The Morgan fingerprint density at radius 3 is 2.77 bits per heavy atom. The van der Waals surface area contributed by atoms with Gasteiger partial charge in [-0.2, -0.15) is 0 Å². The second kappa shape index (κ2) is 2.82. The van der Waals surface area contributed by atoms with Crippen LogP contribution in [0, 0.1) is 5.82 Å². The monoisotopic (exact) mass is 180 g/mol. The average molecular weight is 180 g/mol. The predicted octanol–water partition coefficient (Wildman–Crippen LogP) is 0.00270. The van der Waals surface area contributed by atoms with E-state index >= 15 is 0 Å². The van der Waals surface area contributed by atoms with Gasteiger partial charge in [-0.15, -0.1) is 0 Å². The minimum atomic E-state index is -0.651. The Morgan fingerprint density at radius 1 is 1.62 bits per heavy atom. The van der Waals surface area contributed by atoms with Gasteiger partial charge in [0.05, 0.1) is 12.6 Å². The van der Waals surface area contributed by atoms with Crippen LogP contribution in [0.2, 0.25) is 0 Å². The largest absolute Gasteiger partial charge is 0.393 e. The van der Waals surface area contributed by atoms with Crippen LogP contribution in [-0.2, 0) is 10.3 Å². The van der Waals surface area contributed by atoms with Crippen molar-refractivity contribution in [2.45, 2.75) is 11.6 Å². The fourth-order valence-corrected chi connectivity index (χ4v) is 1.59. The highest BCUT2D eigenvalue weighted by Gasteiger charge is 2.53. The number of rotatable bonds is 2. The maximum Gasteiger partial charge on any atom is 0.143 e. The minimum Gasteiger partial charge on any atom is -0.393 e. The van der Waals surface area contributed by atoms with Crippen LogP contribution in [0.3, 0.4) is 0 Å². The van der Waals surface area contributed by atoms with Crippen LogP contribution in [0.5, 0.6) is 0 Å². The fraction of sp³-hybridized carbons (Fsp3) is 0.333. The van der Waals surface area contributed by atoms with Gasteiger partial charge in [-0.1, -0.05) is 12.1 Å². The highest BCUT2D eigenvalue weighted by molar-refractivity contribution is 6.13. The average Bonchev–Trinajstić information content (AvgIpc) is 2.78. The van der Waals surface area contributed by atoms with Crippen molar-refractivity contribution in [2.75, 3.05) is 6.61 Å². The van der Waals surface area contributed by atoms with Crippen LogP contribution in [-0.4, -0.2) is 25.6 Å². The fourth-order valence-electron chi connectivity index (χ4n) is 1.59. The van der Waals surface area contributed by atoms with Crippen molar-refractivity contribution < 1.29 is 14.2 Å². The van der Waals surface area contributed by atoms with Gasteiger partial charge in [0.15, 0.2) is 0 Å². The SMILES string of the molecule is BC1OC1(CO)c1cccc(F)c1. The highest BCUT2D eigenvalue weighted by Crippen LogP contribution is 2.43. The summed E-state index contributed by atoms with van der Waals surface area (Å²) in [4.78, 5) is 0. The number of benzene rings is 1. The lowest BCUT2D eigenvalue weighted by atomic mass is 9.86. The molecule has 2 nitrogen and oxygen atoms in total. The van der Waals surface area contributed by atoms with Crippen LogP contribution >= 0.6 is 0 Å². The van der Waals surface area contributed by atoms with E-state index in [1.165, 1.54) is 12.1 Å². The molecule has 1 saturated heterocycles. The Bertz CT molecular complexity index is 327. The molecule has 1 aliphatic heterocycles. The molecule has 13 heavy (non-hydrogen) atoms. The van der Waals surface area contributed by atoms with Crippen molar-refractivity contribution in [1.82, 2.24) is 0 Å². The Balaban J connectivity index is 2.35. The van der Waals surface area contributed by atoms with Crippen LogP contribution in [0.15, 0.2) is 24.3 Å². The van der Waals surface area contributed by atoms with Crippen LogP contribution < -0.4 is 0 Å². The molecule has 1 heterocycles. The molecule has 4 heteroatoms. The number of aliphatic hydroxyl groups excluding tert-OH is 1. The quantitative estimate of drug-likeness (QED) is 0.513. The molecule has 0 bridgehead atoms. The first-order valence-electron chi connectivity index (χ1n) is 4.24. The summed E-state index contributed by atoms with van der Waals surface area (Å²) in [6.07, 6.45) is 0. The van der Waals surface area contributed by atoms with Gasteiger partial charge in [0.25, 0.3) is 0 Å². The zero-order chi connectivity index (χ0) is 9.47. The predicted molar refractivity (Wildman–Crippen MR) is 48.6 cm³/mol. The first-order valence-corrected chi connectivity index (χ1v) is 4.24. The number of hydrogen-bond donors (Lipinski definition) is 1. The van der Waals surface area contributed by atoms with Crippen molar-refractivity contribution in [2.24, 2.45) is 0 Å².